The topological polar surface area (TPSA) is 66.7 Å². The van der Waals surface area contributed by atoms with Crippen LogP contribution in [0.3, 0.4) is 0 Å². The first kappa shape index (κ1) is 16.5. The van der Waals surface area contributed by atoms with Crippen LogP contribution >= 0.6 is 0 Å². The van der Waals surface area contributed by atoms with Crippen molar-refractivity contribution in [3.05, 3.63) is 35.9 Å². The Balaban J connectivity index is 2.00. The zero-order chi connectivity index (χ0) is 17.3. The van der Waals surface area contributed by atoms with E-state index in [1.165, 1.54) is 0 Å². The Hall–Kier alpha value is -2.37. The van der Waals surface area contributed by atoms with Crippen LogP contribution in [-0.4, -0.2) is 39.2 Å². The van der Waals surface area contributed by atoms with Crippen LogP contribution in [0.15, 0.2) is 24.4 Å². The molecule has 1 fully saturated rings. The van der Waals surface area contributed by atoms with E-state index in [2.05, 4.69) is 24.1 Å². The van der Waals surface area contributed by atoms with Crippen molar-refractivity contribution >= 4 is 17.3 Å². The molecule has 24 heavy (non-hydrogen) atoms. The average Bonchev–Trinajstić information content (AvgIpc) is 3.16. The molecule has 6 nitrogen and oxygen atoms in total. The second kappa shape index (κ2) is 6.63. The molecule has 0 bridgehead atoms. The highest BCUT2D eigenvalue weighted by molar-refractivity contribution is 5.99. The molecule has 3 heterocycles. The van der Waals surface area contributed by atoms with E-state index in [-0.39, 0.29) is 17.9 Å². The number of carbonyl (C=O) groups is 2. The summed E-state index contributed by atoms with van der Waals surface area (Å²) in [6.45, 7) is 7.06. The molecule has 0 spiro atoms. The smallest absolute Gasteiger partial charge is 0.272 e. The van der Waals surface area contributed by atoms with Crippen LogP contribution in [0.2, 0.25) is 0 Å². The first-order valence-corrected chi connectivity index (χ1v) is 8.51. The minimum atomic E-state index is -0.161. The number of carbonyl (C=O) groups excluding carboxylic acids is 2. The highest BCUT2D eigenvalue weighted by Gasteiger charge is 2.32. The van der Waals surface area contributed by atoms with Crippen molar-refractivity contribution in [3.8, 4) is 0 Å². The van der Waals surface area contributed by atoms with Gasteiger partial charge in [-0.1, -0.05) is 19.9 Å². The van der Waals surface area contributed by atoms with Crippen molar-refractivity contribution < 1.29 is 9.59 Å². The molecule has 0 unspecified atom stereocenters. The lowest BCUT2D eigenvalue weighted by molar-refractivity contribution is -0.129. The van der Waals surface area contributed by atoms with Crippen molar-refractivity contribution in [2.45, 2.75) is 39.7 Å². The van der Waals surface area contributed by atoms with Crippen LogP contribution in [0.25, 0.3) is 5.52 Å². The van der Waals surface area contributed by atoms with Crippen molar-refractivity contribution in [1.29, 1.82) is 0 Å². The lowest BCUT2D eigenvalue weighted by atomic mass is 10.2. The molecule has 1 atom stereocenters. The van der Waals surface area contributed by atoms with Gasteiger partial charge in [-0.25, -0.2) is 4.98 Å². The van der Waals surface area contributed by atoms with Gasteiger partial charge in [0, 0.05) is 26.2 Å². The van der Waals surface area contributed by atoms with E-state index in [0.717, 1.165) is 30.7 Å². The summed E-state index contributed by atoms with van der Waals surface area (Å²) < 4.78 is 1.94. The first-order valence-electron chi connectivity index (χ1n) is 8.51. The van der Waals surface area contributed by atoms with Gasteiger partial charge in [-0.3, -0.25) is 9.59 Å². The first-order chi connectivity index (χ1) is 11.5. The second-order valence-electron chi connectivity index (χ2n) is 6.75. The van der Waals surface area contributed by atoms with Crippen molar-refractivity contribution in [3.63, 3.8) is 0 Å². The third-order valence-corrected chi connectivity index (χ3v) is 4.42. The largest absolute Gasteiger partial charge is 0.350 e. The van der Waals surface area contributed by atoms with E-state index in [1.54, 1.807) is 6.92 Å². The number of nitrogens with one attached hydrogen (secondary N) is 1. The second-order valence-corrected chi connectivity index (χ2v) is 6.75. The minimum absolute atomic E-state index is 0.0518. The van der Waals surface area contributed by atoms with Gasteiger partial charge >= 0.3 is 0 Å². The highest BCUT2D eigenvalue weighted by Crippen LogP contribution is 2.32. The number of nitrogens with zero attached hydrogens (tertiary/aromatic N) is 3. The van der Waals surface area contributed by atoms with E-state index >= 15 is 0 Å². The summed E-state index contributed by atoms with van der Waals surface area (Å²) in [5, 5.41) is 2.93. The third-order valence-electron chi connectivity index (χ3n) is 4.42. The predicted octanol–water partition coefficient (Wildman–Crippen LogP) is 2.40. The molecule has 1 saturated heterocycles. The molecule has 0 aliphatic carbocycles. The molecule has 3 rings (SSSR count). The molecule has 0 saturated carbocycles. The van der Waals surface area contributed by atoms with Crippen LogP contribution < -0.4 is 5.32 Å². The molecule has 2 aromatic heterocycles. The molecule has 2 amide bonds. The van der Waals surface area contributed by atoms with Crippen LogP contribution in [0.5, 0.6) is 0 Å². The molecule has 6 heteroatoms. The molecular weight excluding hydrogens is 304 g/mol. The van der Waals surface area contributed by atoms with Gasteiger partial charge in [0.1, 0.15) is 5.82 Å². The molecular formula is C18H24N4O2. The van der Waals surface area contributed by atoms with Crippen molar-refractivity contribution in [2.75, 3.05) is 13.1 Å². The standard InChI is InChI=1S/C18H24N4O2/c1-12(2)11-19-18(24)16-14-7-4-5-9-22(14)17(20-16)15-8-6-10-21(15)13(3)23/h4-5,7,9,12,15H,6,8,10-11H2,1-3H3,(H,19,24)/t15-/m0/s1. The number of aromatic nitrogens is 2. The number of fused-ring (bicyclic) bond motifs is 1. The molecule has 128 valence electrons. The number of imidazole rings is 1. The summed E-state index contributed by atoms with van der Waals surface area (Å²) in [5.41, 5.74) is 1.21. The van der Waals surface area contributed by atoms with Crippen LogP contribution in [0, 0.1) is 5.92 Å². The van der Waals surface area contributed by atoms with Crippen molar-refractivity contribution in [2.24, 2.45) is 5.92 Å². The Morgan fingerprint density at radius 3 is 2.88 bits per heavy atom. The van der Waals surface area contributed by atoms with Gasteiger partial charge in [-0.2, -0.15) is 0 Å². The van der Waals surface area contributed by atoms with Crippen molar-refractivity contribution in [1.82, 2.24) is 19.6 Å². The maximum absolute atomic E-state index is 12.5. The fourth-order valence-electron chi connectivity index (χ4n) is 3.26. The molecule has 0 aromatic carbocycles. The van der Waals surface area contributed by atoms with Crippen LogP contribution in [0.4, 0.5) is 0 Å². The van der Waals surface area contributed by atoms with Gasteiger partial charge in [0.2, 0.25) is 5.91 Å². The zero-order valence-corrected chi connectivity index (χ0v) is 14.5. The van der Waals surface area contributed by atoms with Gasteiger partial charge in [0.15, 0.2) is 5.69 Å². The predicted molar refractivity (Wildman–Crippen MR) is 91.7 cm³/mol. The van der Waals surface area contributed by atoms with Gasteiger partial charge in [0.25, 0.3) is 5.91 Å². The molecule has 0 radical (unpaired) electrons. The fourth-order valence-corrected chi connectivity index (χ4v) is 3.26. The van der Waals surface area contributed by atoms with Crippen LogP contribution in [0.1, 0.15) is 56.0 Å². The van der Waals surface area contributed by atoms with Gasteiger partial charge in [-0.05, 0) is 30.9 Å². The molecule has 1 aliphatic heterocycles. The maximum Gasteiger partial charge on any atom is 0.272 e. The Labute approximate surface area is 141 Å². The normalized spacial score (nSPS) is 17.7. The summed E-state index contributed by atoms with van der Waals surface area (Å²) in [6, 6.07) is 5.65. The van der Waals surface area contributed by atoms with E-state index in [4.69, 9.17) is 0 Å². The Bertz CT molecular complexity index is 765. The monoisotopic (exact) mass is 328 g/mol. The summed E-state index contributed by atoms with van der Waals surface area (Å²) >= 11 is 0. The number of hydrogen-bond donors (Lipinski definition) is 1. The zero-order valence-electron chi connectivity index (χ0n) is 14.5. The fraction of sp³-hybridized carbons (Fsp3) is 0.500. The van der Waals surface area contributed by atoms with Gasteiger partial charge < -0.3 is 14.6 Å². The average molecular weight is 328 g/mol. The van der Waals surface area contributed by atoms with Gasteiger partial charge in [0.05, 0.1) is 11.6 Å². The quantitative estimate of drug-likeness (QED) is 0.937. The lowest BCUT2D eigenvalue weighted by Gasteiger charge is -2.22. The SMILES string of the molecule is CC(=O)N1CCC[C@H]1c1nc(C(=O)NCC(C)C)c2ccccn12. The molecule has 1 N–H and O–H groups in total. The Morgan fingerprint density at radius 2 is 2.17 bits per heavy atom. The number of amides is 2. The summed E-state index contributed by atoms with van der Waals surface area (Å²) in [7, 11) is 0. The molecule has 2 aromatic rings. The lowest BCUT2D eigenvalue weighted by Crippen LogP contribution is -2.29. The van der Waals surface area contributed by atoms with E-state index < -0.39 is 0 Å². The molecule has 1 aliphatic rings. The Morgan fingerprint density at radius 1 is 1.38 bits per heavy atom. The third kappa shape index (κ3) is 3.00. The number of likely N-dealkylation sites (tertiary alicyclic amines) is 1. The van der Waals surface area contributed by atoms with E-state index in [9.17, 15) is 9.59 Å². The van der Waals surface area contributed by atoms with E-state index in [0.29, 0.717) is 18.2 Å². The number of rotatable bonds is 4. The summed E-state index contributed by atoms with van der Waals surface area (Å²) in [6.07, 6.45) is 3.75. The summed E-state index contributed by atoms with van der Waals surface area (Å²) in [5.74, 6) is 1.04. The maximum atomic E-state index is 12.5. The van der Waals surface area contributed by atoms with E-state index in [1.807, 2.05) is 33.7 Å². The summed E-state index contributed by atoms with van der Waals surface area (Å²) in [4.78, 5) is 30.9. The minimum Gasteiger partial charge on any atom is -0.350 e. The number of pyridine rings is 1. The van der Waals surface area contributed by atoms with Crippen LogP contribution in [-0.2, 0) is 4.79 Å². The van der Waals surface area contributed by atoms with Gasteiger partial charge in [-0.15, -0.1) is 0 Å². The Kier molecular flexibility index (Phi) is 4.55. The highest BCUT2D eigenvalue weighted by atomic mass is 16.2. The number of hydrogen-bond acceptors (Lipinski definition) is 3.